The molecule has 0 saturated carbocycles. The van der Waals surface area contributed by atoms with Crippen LogP contribution in [0.25, 0.3) is 0 Å². The van der Waals surface area contributed by atoms with Crippen LogP contribution >= 0.6 is 0 Å². The number of hydrogen-bond acceptors (Lipinski definition) is 3. The topological polar surface area (TPSA) is 69.6 Å². The van der Waals surface area contributed by atoms with Crippen LogP contribution in [0.2, 0.25) is 0 Å². The van der Waals surface area contributed by atoms with E-state index in [9.17, 15) is 9.59 Å². The van der Waals surface area contributed by atoms with E-state index < -0.39 is 5.97 Å². The lowest BCUT2D eigenvalue weighted by Gasteiger charge is -2.25. The van der Waals surface area contributed by atoms with Crippen LogP contribution in [0, 0.1) is 0 Å². The van der Waals surface area contributed by atoms with Crippen molar-refractivity contribution in [3.8, 4) is 0 Å². The zero-order valence-corrected chi connectivity index (χ0v) is 10.7. The molecule has 102 valence electrons. The van der Waals surface area contributed by atoms with E-state index in [4.69, 9.17) is 5.11 Å². The number of amides is 1. The van der Waals surface area contributed by atoms with Crippen molar-refractivity contribution in [3.63, 3.8) is 0 Å². The van der Waals surface area contributed by atoms with Crippen LogP contribution in [-0.4, -0.2) is 36.1 Å². The number of benzene rings is 1. The molecule has 0 radical (unpaired) electrons. The van der Waals surface area contributed by atoms with Gasteiger partial charge in [0.15, 0.2) is 0 Å². The number of para-hydroxylation sites is 1. The standard InChI is InChI=1S/C14H18N2O3/c17-13(18)8-10-16(11-5-2-1-3-6-11)14(19)12-7-4-9-15-12/h1-3,5-6,12,15H,4,7-10H2,(H,17,18). The van der Waals surface area contributed by atoms with E-state index in [0.717, 1.165) is 25.1 Å². The van der Waals surface area contributed by atoms with Gasteiger partial charge in [-0.3, -0.25) is 9.59 Å². The predicted molar refractivity (Wildman–Crippen MR) is 72.1 cm³/mol. The molecule has 5 nitrogen and oxygen atoms in total. The molecule has 2 N–H and O–H groups in total. The summed E-state index contributed by atoms with van der Waals surface area (Å²) in [5, 5.41) is 12.0. The lowest BCUT2D eigenvalue weighted by Crippen LogP contribution is -2.44. The lowest BCUT2D eigenvalue weighted by molar-refractivity contribution is -0.136. The fourth-order valence-electron chi connectivity index (χ4n) is 2.27. The molecule has 1 aliphatic rings. The molecule has 0 aliphatic carbocycles. The number of carboxylic acid groups (broad SMARTS) is 1. The fraction of sp³-hybridized carbons (Fsp3) is 0.429. The van der Waals surface area contributed by atoms with Crippen LogP contribution < -0.4 is 10.2 Å². The molecule has 19 heavy (non-hydrogen) atoms. The van der Waals surface area contributed by atoms with Crippen LogP contribution in [0.4, 0.5) is 5.69 Å². The molecule has 2 rings (SSSR count). The largest absolute Gasteiger partial charge is 0.481 e. The summed E-state index contributed by atoms with van der Waals surface area (Å²) in [7, 11) is 0. The number of nitrogens with zero attached hydrogens (tertiary/aromatic N) is 1. The van der Waals surface area contributed by atoms with Crippen molar-refractivity contribution >= 4 is 17.6 Å². The molecule has 1 fully saturated rings. The van der Waals surface area contributed by atoms with Gasteiger partial charge in [0.25, 0.3) is 0 Å². The van der Waals surface area contributed by atoms with Gasteiger partial charge in [0, 0.05) is 12.2 Å². The number of nitrogens with one attached hydrogen (secondary N) is 1. The monoisotopic (exact) mass is 262 g/mol. The minimum absolute atomic E-state index is 0.0371. The quantitative estimate of drug-likeness (QED) is 0.837. The van der Waals surface area contributed by atoms with Crippen LogP contribution in [0.1, 0.15) is 19.3 Å². The highest BCUT2D eigenvalue weighted by Gasteiger charge is 2.27. The van der Waals surface area contributed by atoms with Crippen molar-refractivity contribution in [1.29, 1.82) is 0 Å². The number of aliphatic carboxylic acids is 1. The number of hydrogen-bond donors (Lipinski definition) is 2. The molecule has 0 aromatic heterocycles. The predicted octanol–water partition coefficient (Wildman–Crippen LogP) is 1.25. The SMILES string of the molecule is O=C(O)CCN(C(=O)C1CCCN1)c1ccccc1. The second-order valence-electron chi connectivity index (χ2n) is 4.62. The summed E-state index contributed by atoms with van der Waals surface area (Å²) >= 11 is 0. The Morgan fingerprint density at radius 2 is 2.05 bits per heavy atom. The number of rotatable bonds is 5. The molecular formula is C14H18N2O3. The van der Waals surface area contributed by atoms with Crippen LogP contribution in [0.15, 0.2) is 30.3 Å². The molecule has 1 saturated heterocycles. The third-order valence-electron chi connectivity index (χ3n) is 3.24. The van der Waals surface area contributed by atoms with Gasteiger partial charge < -0.3 is 15.3 Å². The number of carbonyl (C=O) groups excluding carboxylic acids is 1. The Labute approximate surface area is 112 Å². The third-order valence-corrected chi connectivity index (χ3v) is 3.24. The Morgan fingerprint density at radius 3 is 2.63 bits per heavy atom. The van der Waals surface area contributed by atoms with Crippen molar-refractivity contribution in [2.24, 2.45) is 0 Å². The Balaban J connectivity index is 2.13. The smallest absolute Gasteiger partial charge is 0.305 e. The average Bonchev–Trinajstić information content (AvgIpc) is 2.93. The van der Waals surface area contributed by atoms with Gasteiger partial charge in [-0.15, -0.1) is 0 Å². The fourth-order valence-corrected chi connectivity index (χ4v) is 2.27. The maximum atomic E-state index is 12.4. The van der Waals surface area contributed by atoms with Crippen molar-refractivity contribution < 1.29 is 14.7 Å². The summed E-state index contributed by atoms with van der Waals surface area (Å²) < 4.78 is 0. The Kier molecular flexibility index (Phi) is 4.52. The zero-order chi connectivity index (χ0) is 13.7. The van der Waals surface area contributed by atoms with Gasteiger partial charge in [-0.05, 0) is 31.5 Å². The van der Waals surface area contributed by atoms with Crippen molar-refractivity contribution in [2.75, 3.05) is 18.0 Å². The van der Waals surface area contributed by atoms with Crippen LogP contribution in [-0.2, 0) is 9.59 Å². The van der Waals surface area contributed by atoms with E-state index in [-0.39, 0.29) is 24.9 Å². The minimum Gasteiger partial charge on any atom is -0.481 e. The van der Waals surface area contributed by atoms with E-state index in [2.05, 4.69) is 5.32 Å². The molecule has 1 atom stereocenters. The second kappa shape index (κ2) is 6.33. The minimum atomic E-state index is -0.895. The van der Waals surface area contributed by atoms with Crippen LogP contribution in [0.3, 0.4) is 0 Å². The highest BCUT2D eigenvalue weighted by Crippen LogP contribution is 2.18. The molecule has 0 bridgehead atoms. The molecule has 1 aliphatic heterocycles. The second-order valence-corrected chi connectivity index (χ2v) is 4.62. The first-order valence-electron chi connectivity index (χ1n) is 6.50. The summed E-state index contributed by atoms with van der Waals surface area (Å²) in [6.07, 6.45) is 1.75. The summed E-state index contributed by atoms with van der Waals surface area (Å²) in [5.74, 6) is -0.932. The molecule has 5 heteroatoms. The summed E-state index contributed by atoms with van der Waals surface area (Å²) in [4.78, 5) is 24.7. The first kappa shape index (κ1) is 13.5. The normalized spacial score (nSPS) is 18.2. The number of carbonyl (C=O) groups is 2. The highest BCUT2D eigenvalue weighted by atomic mass is 16.4. The highest BCUT2D eigenvalue weighted by molar-refractivity contribution is 5.97. The molecule has 1 unspecified atom stereocenters. The van der Waals surface area contributed by atoms with Gasteiger partial charge >= 0.3 is 5.97 Å². The lowest BCUT2D eigenvalue weighted by atomic mass is 10.1. The maximum absolute atomic E-state index is 12.4. The maximum Gasteiger partial charge on any atom is 0.305 e. The molecule has 1 heterocycles. The van der Waals surface area contributed by atoms with E-state index in [1.54, 1.807) is 4.90 Å². The number of anilines is 1. The molecule has 0 spiro atoms. The first-order chi connectivity index (χ1) is 9.18. The van der Waals surface area contributed by atoms with Gasteiger partial charge in [-0.1, -0.05) is 18.2 Å². The van der Waals surface area contributed by atoms with Crippen LogP contribution in [0.5, 0.6) is 0 Å². The Hall–Kier alpha value is -1.88. The van der Waals surface area contributed by atoms with E-state index in [1.807, 2.05) is 30.3 Å². The molecule has 1 aromatic rings. The molecule has 1 amide bonds. The third kappa shape index (κ3) is 3.54. The average molecular weight is 262 g/mol. The van der Waals surface area contributed by atoms with E-state index >= 15 is 0 Å². The Bertz CT molecular complexity index is 441. The van der Waals surface area contributed by atoms with Crippen molar-refractivity contribution in [2.45, 2.75) is 25.3 Å². The van der Waals surface area contributed by atoms with E-state index in [0.29, 0.717) is 0 Å². The van der Waals surface area contributed by atoms with E-state index in [1.165, 1.54) is 0 Å². The molecular weight excluding hydrogens is 244 g/mol. The Morgan fingerprint density at radius 1 is 1.32 bits per heavy atom. The van der Waals surface area contributed by atoms with Gasteiger partial charge in [0.1, 0.15) is 0 Å². The van der Waals surface area contributed by atoms with Gasteiger partial charge in [0.2, 0.25) is 5.91 Å². The first-order valence-corrected chi connectivity index (χ1v) is 6.50. The van der Waals surface area contributed by atoms with Gasteiger partial charge in [-0.25, -0.2) is 0 Å². The molecule has 1 aromatic carbocycles. The van der Waals surface area contributed by atoms with Crippen molar-refractivity contribution in [3.05, 3.63) is 30.3 Å². The summed E-state index contributed by atoms with van der Waals surface area (Å²) in [6, 6.07) is 9.03. The zero-order valence-electron chi connectivity index (χ0n) is 10.7. The van der Waals surface area contributed by atoms with Crippen molar-refractivity contribution in [1.82, 2.24) is 5.32 Å². The van der Waals surface area contributed by atoms with Gasteiger partial charge in [0.05, 0.1) is 12.5 Å². The summed E-state index contributed by atoms with van der Waals surface area (Å²) in [6.45, 7) is 1.05. The van der Waals surface area contributed by atoms with Gasteiger partial charge in [-0.2, -0.15) is 0 Å². The number of carboxylic acids is 1. The summed E-state index contributed by atoms with van der Waals surface area (Å²) in [5.41, 5.74) is 0.752.